The molecule has 0 atom stereocenters. The van der Waals surface area contributed by atoms with Gasteiger partial charge >= 0.3 is 0 Å². The minimum absolute atomic E-state index is 0.0348. The highest BCUT2D eigenvalue weighted by atomic mass is 19.3. The van der Waals surface area contributed by atoms with Crippen LogP contribution in [0.15, 0.2) is 12.1 Å². The summed E-state index contributed by atoms with van der Waals surface area (Å²) in [4.78, 5) is 0. The van der Waals surface area contributed by atoms with E-state index in [0.717, 1.165) is 6.92 Å². The number of alkyl halides is 2. The summed E-state index contributed by atoms with van der Waals surface area (Å²) < 4.78 is 37.7. The molecule has 0 radical (unpaired) electrons. The number of aliphatic hydroxyl groups excluding tert-OH is 1. The highest BCUT2D eigenvalue weighted by molar-refractivity contribution is 5.52. The van der Waals surface area contributed by atoms with Crippen LogP contribution in [0.25, 0.3) is 0 Å². The first-order valence-electron chi connectivity index (χ1n) is 5.69. The second-order valence-corrected chi connectivity index (χ2v) is 5.18. The van der Waals surface area contributed by atoms with Crippen LogP contribution in [0.4, 0.5) is 8.78 Å². The molecule has 0 bridgehead atoms. The number of ether oxygens (including phenoxy) is 2. The van der Waals surface area contributed by atoms with Gasteiger partial charge in [-0.2, -0.15) is 0 Å². The van der Waals surface area contributed by atoms with Crippen LogP contribution >= 0.6 is 0 Å². The van der Waals surface area contributed by atoms with Crippen molar-refractivity contribution >= 4 is 0 Å². The topological polar surface area (TPSA) is 38.7 Å². The molecule has 0 saturated carbocycles. The monoisotopic (exact) mass is 258 g/mol. The minimum atomic E-state index is -3.00. The van der Waals surface area contributed by atoms with Gasteiger partial charge in [0.2, 0.25) is 6.79 Å². The molecule has 1 aliphatic heterocycles. The van der Waals surface area contributed by atoms with E-state index >= 15 is 0 Å². The molecule has 0 saturated heterocycles. The molecule has 0 fully saturated rings. The second kappa shape index (κ2) is 4.09. The lowest BCUT2D eigenvalue weighted by Gasteiger charge is -2.28. The third-order valence-electron chi connectivity index (χ3n) is 3.11. The van der Waals surface area contributed by atoms with Crippen LogP contribution in [0.2, 0.25) is 0 Å². The summed E-state index contributed by atoms with van der Waals surface area (Å²) in [5.74, 6) is -2.23. The van der Waals surface area contributed by atoms with E-state index in [1.807, 2.05) is 0 Å². The van der Waals surface area contributed by atoms with Crippen molar-refractivity contribution in [2.75, 3.05) is 13.4 Å². The van der Waals surface area contributed by atoms with Crippen molar-refractivity contribution < 1.29 is 23.4 Å². The molecule has 18 heavy (non-hydrogen) atoms. The van der Waals surface area contributed by atoms with Gasteiger partial charge in [-0.05, 0) is 17.7 Å². The number of aliphatic hydroxyl groups is 1. The number of fused-ring (bicyclic) bond motifs is 1. The SMILES string of the molecule is CC(F)(F)c1cc2c(cc1C(C)(C)CO)OCO2. The third-order valence-corrected chi connectivity index (χ3v) is 3.11. The number of halogens is 2. The fourth-order valence-corrected chi connectivity index (χ4v) is 1.95. The molecule has 0 aromatic heterocycles. The van der Waals surface area contributed by atoms with Gasteiger partial charge in [0.1, 0.15) is 0 Å². The lowest BCUT2D eigenvalue weighted by molar-refractivity contribution is 0.0148. The highest BCUT2D eigenvalue weighted by Gasteiger charge is 2.36. The van der Waals surface area contributed by atoms with E-state index < -0.39 is 11.3 Å². The largest absolute Gasteiger partial charge is 0.454 e. The molecule has 3 nitrogen and oxygen atoms in total. The second-order valence-electron chi connectivity index (χ2n) is 5.18. The van der Waals surface area contributed by atoms with E-state index in [1.165, 1.54) is 12.1 Å². The molecule has 1 heterocycles. The van der Waals surface area contributed by atoms with Crippen molar-refractivity contribution in [3.63, 3.8) is 0 Å². The molecule has 2 rings (SSSR count). The molecular weight excluding hydrogens is 242 g/mol. The summed E-state index contributed by atoms with van der Waals surface area (Å²) >= 11 is 0. The Labute approximate surface area is 104 Å². The van der Waals surface area contributed by atoms with Crippen molar-refractivity contribution in [1.29, 1.82) is 0 Å². The zero-order chi connectivity index (χ0) is 13.6. The van der Waals surface area contributed by atoms with Crippen molar-refractivity contribution in [2.24, 2.45) is 0 Å². The van der Waals surface area contributed by atoms with Crippen molar-refractivity contribution in [2.45, 2.75) is 32.1 Å². The van der Waals surface area contributed by atoms with Gasteiger partial charge in [-0.3, -0.25) is 0 Å². The fraction of sp³-hybridized carbons (Fsp3) is 0.538. The molecule has 0 unspecified atom stereocenters. The highest BCUT2D eigenvalue weighted by Crippen LogP contribution is 2.44. The maximum absolute atomic E-state index is 13.7. The molecule has 1 aliphatic rings. The summed E-state index contributed by atoms with van der Waals surface area (Å²) in [5.41, 5.74) is -0.525. The molecule has 1 N–H and O–H groups in total. The first-order chi connectivity index (χ1) is 8.25. The van der Waals surface area contributed by atoms with Crippen LogP contribution in [-0.2, 0) is 11.3 Å². The number of hydrogen-bond donors (Lipinski definition) is 1. The van der Waals surface area contributed by atoms with Crippen LogP contribution in [-0.4, -0.2) is 18.5 Å². The zero-order valence-corrected chi connectivity index (χ0v) is 10.6. The summed E-state index contributed by atoms with van der Waals surface area (Å²) in [6.45, 7) is 4.06. The molecule has 0 amide bonds. The van der Waals surface area contributed by atoms with E-state index in [0.29, 0.717) is 17.1 Å². The van der Waals surface area contributed by atoms with Crippen molar-refractivity contribution in [3.05, 3.63) is 23.3 Å². The van der Waals surface area contributed by atoms with Gasteiger partial charge in [-0.1, -0.05) is 13.8 Å². The summed E-state index contributed by atoms with van der Waals surface area (Å²) in [5, 5.41) is 9.37. The fourth-order valence-electron chi connectivity index (χ4n) is 1.95. The number of rotatable bonds is 3. The van der Waals surface area contributed by atoms with E-state index in [4.69, 9.17) is 9.47 Å². The first kappa shape index (κ1) is 13.1. The Morgan fingerprint density at radius 3 is 2.06 bits per heavy atom. The molecule has 1 aromatic carbocycles. The molecule has 1 aromatic rings. The van der Waals surface area contributed by atoms with Gasteiger partial charge in [0.05, 0.1) is 6.61 Å². The van der Waals surface area contributed by atoms with Gasteiger partial charge in [-0.25, -0.2) is 8.78 Å². The summed E-state index contributed by atoms with van der Waals surface area (Å²) in [7, 11) is 0. The van der Waals surface area contributed by atoms with Crippen LogP contribution in [0.1, 0.15) is 31.9 Å². The summed E-state index contributed by atoms with van der Waals surface area (Å²) in [6, 6.07) is 2.83. The average Bonchev–Trinajstić information content (AvgIpc) is 2.73. The normalized spacial score (nSPS) is 15.0. The number of benzene rings is 1. The quantitative estimate of drug-likeness (QED) is 0.906. The Morgan fingerprint density at radius 2 is 1.61 bits per heavy atom. The Balaban J connectivity index is 2.63. The lowest BCUT2D eigenvalue weighted by atomic mass is 9.81. The molecular formula is C13H16F2O3. The third kappa shape index (κ3) is 2.14. The van der Waals surface area contributed by atoms with Gasteiger partial charge in [0, 0.05) is 17.9 Å². The molecule has 5 heteroatoms. The van der Waals surface area contributed by atoms with E-state index in [9.17, 15) is 13.9 Å². The standard InChI is InChI=1S/C13H16F2O3/c1-12(2,6-16)8-4-10-11(18-7-17-10)5-9(8)13(3,14)15/h4-5,16H,6-7H2,1-3H3. The Morgan fingerprint density at radius 1 is 1.11 bits per heavy atom. The maximum atomic E-state index is 13.7. The predicted molar refractivity (Wildman–Crippen MR) is 62.2 cm³/mol. The predicted octanol–water partition coefficient (Wildman–Crippen LogP) is 2.80. The average molecular weight is 258 g/mol. The van der Waals surface area contributed by atoms with E-state index in [-0.39, 0.29) is 19.0 Å². The lowest BCUT2D eigenvalue weighted by Crippen LogP contribution is -2.26. The zero-order valence-electron chi connectivity index (χ0n) is 10.6. The Kier molecular flexibility index (Phi) is 2.97. The molecule has 0 spiro atoms. The van der Waals surface area contributed by atoms with Gasteiger partial charge < -0.3 is 14.6 Å². The van der Waals surface area contributed by atoms with Gasteiger partial charge in [0.15, 0.2) is 11.5 Å². The molecule has 100 valence electrons. The molecule has 0 aliphatic carbocycles. The van der Waals surface area contributed by atoms with Gasteiger partial charge in [0.25, 0.3) is 5.92 Å². The van der Waals surface area contributed by atoms with Crippen LogP contribution < -0.4 is 9.47 Å². The van der Waals surface area contributed by atoms with E-state index in [1.54, 1.807) is 13.8 Å². The van der Waals surface area contributed by atoms with E-state index in [2.05, 4.69) is 0 Å². The van der Waals surface area contributed by atoms with Gasteiger partial charge in [-0.15, -0.1) is 0 Å². The van der Waals surface area contributed by atoms with Crippen molar-refractivity contribution in [1.82, 2.24) is 0 Å². The Hall–Kier alpha value is -1.36. The minimum Gasteiger partial charge on any atom is -0.454 e. The first-order valence-corrected chi connectivity index (χ1v) is 5.69. The van der Waals surface area contributed by atoms with Crippen LogP contribution in [0, 0.1) is 0 Å². The maximum Gasteiger partial charge on any atom is 0.270 e. The smallest absolute Gasteiger partial charge is 0.270 e. The van der Waals surface area contributed by atoms with Crippen molar-refractivity contribution in [3.8, 4) is 11.5 Å². The summed E-state index contributed by atoms with van der Waals surface area (Å²) in [6.07, 6.45) is 0. The number of hydrogen-bond acceptors (Lipinski definition) is 3. The van der Waals surface area contributed by atoms with Crippen LogP contribution in [0.5, 0.6) is 11.5 Å². The van der Waals surface area contributed by atoms with Crippen LogP contribution in [0.3, 0.4) is 0 Å². The Bertz CT molecular complexity index is 464.